The first-order valence-corrected chi connectivity index (χ1v) is 11.0. The summed E-state index contributed by atoms with van der Waals surface area (Å²) in [6, 6.07) is 5.01. The van der Waals surface area contributed by atoms with Crippen molar-refractivity contribution in [1.82, 2.24) is 19.4 Å². The van der Waals surface area contributed by atoms with E-state index < -0.39 is 18.1 Å². The summed E-state index contributed by atoms with van der Waals surface area (Å²) in [6.45, 7) is 4.58. The van der Waals surface area contributed by atoms with Crippen LogP contribution in [0.2, 0.25) is 5.02 Å². The molecule has 0 aliphatic heterocycles. The van der Waals surface area contributed by atoms with Crippen molar-refractivity contribution in [1.29, 1.82) is 0 Å². The largest absolute Gasteiger partial charge is 0.391 e. The molecule has 5 N–H and O–H groups in total. The molecule has 0 spiro atoms. The molecule has 0 unspecified atom stereocenters. The van der Waals surface area contributed by atoms with Crippen LogP contribution in [0.25, 0.3) is 22.3 Å². The number of aromatic nitrogens is 3. The number of amides is 1. The van der Waals surface area contributed by atoms with Crippen molar-refractivity contribution in [2.45, 2.75) is 39.0 Å². The number of likely N-dealkylation sites (N-methyl/N-ethyl adjacent to an activating group) is 1. The molecule has 2 atom stereocenters. The van der Waals surface area contributed by atoms with E-state index in [0.717, 1.165) is 33.4 Å². The zero-order valence-corrected chi connectivity index (χ0v) is 19.7. The monoisotopic (exact) mass is 458 g/mol. The maximum absolute atomic E-state index is 12.2. The third-order valence-electron chi connectivity index (χ3n) is 5.75. The number of carbonyl (C=O) groups excluding carboxylic acids is 1. The highest BCUT2D eigenvalue weighted by Gasteiger charge is 2.31. The molecule has 0 radical (unpaired) electrons. The maximum Gasteiger partial charge on any atom is 0.237 e. The number of hydrogen-bond donors (Lipinski definition) is 3. The molecule has 0 aliphatic rings. The van der Waals surface area contributed by atoms with E-state index in [1.54, 1.807) is 24.5 Å². The summed E-state index contributed by atoms with van der Waals surface area (Å²) in [7, 11) is 3.69. The average Bonchev–Trinajstić information content (AvgIpc) is 3.14. The molecule has 8 nitrogen and oxygen atoms in total. The van der Waals surface area contributed by atoms with Crippen LogP contribution in [-0.4, -0.2) is 56.2 Å². The minimum absolute atomic E-state index is 0.121. The van der Waals surface area contributed by atoms with Crippen molar-refractivity contribution in [2.75, 3.05) is 13.6 Å². The van der Waals surface area contributed by atoms with Crippen LogP contribution >= 0.6 is 11.6 Å². The Morgan fingerprint density at radius 3 is 2.56 bits per heavy atom. The van der Waals surface area contributed by atoms with Crippen LogP contribution in [0.1, 0.15) is 25.0 Å². The third-order valence-corrected chi connectivity index (χ3v) is 6.10. The molecule has 0 saturated carbocycles. The molecular weight excluding hydrogens is 428 g/mol. The van der Waals surface area contributed by atoms with E-state index in [1.165, 1.54) is 0 Å². The summed E-state index contributed by atoms with van der Waals surface area (Å²) in [6.07, 6.45) is 3.22. The Balaban J connectivity index is 2.14. The number of hydrogen-bond acceptors (Lipinski definition) is 6. The van der Waals surface area contributed by atoms with Gasteiger partial charge in [0.25, 0.3) is 0 Å². The quantitative estimate of drug-likeness (QED) is 0.451. The Morgan fingerprint density at radius 2 is 2.00 bits per heavy atom. The number of rotatable bonds is 9. The van der Waals surface area contributed by atoms with Gasteiger partial charge in [-0.25, -0.2) is 9.97 Å². The Bertz CT molecular complexity index is 1110. The topological polar surface area (TPSA) is 123 Å². The number of nitrogens with two attached hydrogens (primary N) is 2. The number of aliphatic hydroxyl groups is 1. The molecule has 32 heavy (non-hydrogen) atoms. The zero-order valence-electron chi connectivity index (χ0n) is 18.9. The van der Waals surface area contributed by atoms with Crippen LogP contribution in [-0.2, 0) is 24.8 Å². The van der Waals surface area contributed by atoms with Crippen LogP contribution in [0, 0.1) is 5.92 Å². The molecule has 9 heteroatoms. The van der Waals surface area contributed by atoms with E-state index in [9.17, 15) is 9.90 Å². The predicted octanol–water partition coefficient (Wildman–Crippen LogP) is 2.09. The molecule has 1 aromatic carbocycles. The van der Waals surface area contributed by atoms with Crippen LogP contribution in [0.3, 0.4) is 0 Å². The Morgan fingerprint density at radius 1 is 1.28 bits per heavy atom. The normalized spacial score (nSPS) is 13.8. The molecule has 0 fully saturated rings. The fourth-order valence-corrected chi connectivity index (χ4v) is 4.21. The predicted molar refractivity (Wildman–Crippen MR) is 127 cm³/mol. The number of fused-ring (bicyclic) bond motifs is 1. The van der Waals surface area contributed by atoms with Crippen molar-refractivity contribution >= 4 is 28.4 Å². The first kappa shape index (κ1) is 24.1. The number of pyridine rings is 1. The second-order valence-electron chi connectivity index (χ2n) is 8.55. The lowest BCUT2D eigenvalue weighted by molar-refractivity contribution is -0.128. The van der Waals surface area contributed by atoms with Gasteiger partial charge in [-0.3, -0.25) is 9.69 Å². The highest BCUT2D eigenvalue weighted by Crippen LogP contribution is 2.30. The van der Waals surface area contributed by atoms with Crippen molar-refractivity contribution in [3.05, 3.63) is 46.9 Å². The standard InChI is InChI=1S/C23H31ClN6O2/c1-13(2)22(31)21(23(26)32)29(3)11-15-8-19(20-10-27-12-30(20)4)28-18-9-17(24)14(5-6-25)7-16(15)18/h7-10,12-13,21-22,31H,5-6,11,25H2,1-4H3,(H2,26,32)/t21-,22+/m0/s1. The van der Waals surface area contributed by atoms with Crippen LogP contribution in [0.4, 0.5) is 0 Å². The molecule has 1 amide bonds. The van der Waals surface area contributed by atoms with E-state index in [0.29, 0.717) is 24.5 Å². The molecule has 0 saturated heterocycles. The maximum atomic E-state index is 12.2. The molecule has 0 aliphatic carbocycles. The summed E-state index contributed by atoms with van der Waals surface area (Å²) in [5, 5.41) is 12.1. The van der Waals surface area contributed by atoms with Crippen LogP contribution in [0.5, 0.6) is 0 Å². The summed E-state index contributed by atoms with van der Waals surface area (Å²) >= 11 is 6.50. The number of nitrogens with zero attached hydrogens (tertiary/aromatic N) is 4. The van der Waals surface area contributed by atoms with Gasteiger partial charge in [0.1, 0.15) is 6.04 Å². The zero-order chi connectivity index (χ0) is 23.6. The van der Waals surface area contributed by atoms with Gasteiger partial charge in [0.05, 0.1) is 35.5 Å². The van der Waals surface area contributed by atoms with Crippen molar-refractivity contribution < 1.29 is 9.90 Å². The van der Waals surface area contributed by atoms with E-state index in [2.05, 4.69) is 4.98 Å². The van der Waals surface area contributed by atoms with E-state index in [4.69, 9.17) is 28.1 Å². The van der Waals surface area contributed by atoms with Crippen molar-refractivity contribution in [3.8, 4) is 11.4 Å². The van der Waals surface area contributed by atoms with Gasteiger partial charge in [0, 0.05) is 24.0 Å². The number of aryl methyl sites for hydroxylation is 1. The Labute approximate surface area is 193 Å². The number of primary amides is 1. The molecule has 2 aromatic heterocycles. The highest BCUT2D eigenvalue weighted by atomic mass is 35.5. The van der Waals surface area contributed by atoms with Gasteiger partial charge < -0.3 is 21.1 Å². The molecular formula is C23H31ClN6O2. The van der Waals surface area contributed by atoms with Crippen LogP contribution < -0.4 is 11.5 Å². The van der Waals surface area contributed by atoms with Gasteiger partial charge in [0.15, 0.2) is 0 Å². The first-order valence-electron chi connectivity index (χ1n) is 10.6. The Kier molecular flexibility index (Phi) is 7.51. The third kappa shape index (κ3) is 4.94. The fourth-order valence-electron chi connectivity index (χ4n) is 3.95. The van der Waals surface area contributed by atoms with Gasteiger partial charge in [-0.2, -0.15) is 0 Å². The number of imidazole rings is 1. The lowest BCUT2D eigenvalue weighted by Gasteiger charge is -2.31. The summed E-state index contributed by atoms with van der Waals surface area (Å²) < 4.78 is 1.89. The number of carbonyl (C=O) groups is 1. The molecule has 0 bridgehead atoms. The highest BCUT2D eigenvalue weighted by molar-refractivity contribution is 6.32. The van der Waals surface area contributed by atoms with E-state index in [-0.39, 0.29) is 5.92 Å². The lowest BCUT2D eigenvalue weighted by atomic mass is 9.96. The lowest BCUT2D eigenvalue weighted by Crippen LogP contribution is -2.51. The van der Waals surface area contributed by atoms with Gasteiger partial charge in [0.2, 0.25) is 5.91 Å². The second kappa shape index (κ2) is 9.95. The van der Waals surface area contributed by atoms with Gasteiger partial charge in [-0.05, 0) is 55.3 Å². The van der Waals surface area contributed by atoms with Gasteiger partial charge >= 0.3 is 0 Å². The molecule has 3 aromatic rings. The van der Waals surface area contributed by atoms with Gasteiger partial charge in [-0.1, -0.05) is 25.4 Å². The van der Waals surface area contributed by atoms with E-state index >= 15 is 0 Å². The number of aliphatic hydroxyl groups excluding tert-OH is 1. The second-order valence-corrected chi connectivity index (χ2v) is 8.96. The molecule has 3 rings (SSSR count). The van der Waals surface area contributed by atoms with Crippen LogP contribution in [0.15, 0.2) is 30.7 Å². The fraction of sp³-hybridized carbons (Fsp3) is 0.435. The summed E-state index contributed by atoms with van der Waals surface area (Å²) in [4.78, 5) is 23.0. The molecule has 2 heterocycles. The number of benzene rings is 1. The summed E-state index contributed by atoms with van der Waals surface area (Å²) in [5.41, 5.74) is 15.6. The van der Waals surface area contributed by atoms with Gasteiger partial charge in [-0.15, -0.1) is 0 Å². The smallest absolute Gasteiger partial charge is 0.237 e. The van der Waals surface area contributed by atoms with E-state index in [1.807, 2.05) is 43.7 Å². The van der Waals surface area contributed by atoms with Crippen molar-refractivity contribution in [3.63, 3.8) is 0 Å². The minimum Gasteiger partial charge on any atom is -0.391 e. The SMILES string of the molecule is CC(C)[C@@H](O)[C@@H](C(N)=O)N(C)Cc1cc(-c2cncn2C)nc2cc(Cl)c(CCN)cc12. The minimum atomic E-state index is -0.885. The van der Waals surface area contributed by atoms with Crippen molar-refractivity contribution in [2.24, 2.45) is 24.4 Å². The first-order chi connectivity index (χ1) is 15.1. The number of halogens is 1. The molecule has 172 valence electrons. The summed E-state index contributed by atoms with van der Waals surface area (Å²) in [5.74, 6) is -0.685. The average molecular weight is 459 g/mol. The Hall–Kier alpha value is -2.52.